The van der Waals surface area contributed by atoms with E-state index in [2.05, 4.69) is 10.6 Å². The van der Waals surface area contributed by atoms with Crippen LogP contribution in [0.2, 0.25) is 0 Å². The van der Waals surface area contributed by atoms with Gasteiger partial charge in [0, 0.05) is 13.0 Å². The maximum absolute atomic E-state index is 11.9. The Balaban J connectivity index is 2.09. The summed E-state index contributed by atoms with van der Waals surface area (Å²) in [5.74, 6) is -0.640. The first-order valence-electron chi connectivity index (χ1n) is 9.25. The van der Waals surface area contributed by atoms with Crippen LogP contribution in [-0.4, -0.2) is 37.7 Å². The first-order valence-corrected chi connectivity index (χ1v) is 9.25. The third kappa shape index (κ3) is 9.63. The largest absolute Gasteiger partial charge is 0.467 e. The lowest BCUT2D eigenvalue weighted by Crippen LogP contribution is -2.44. The summed E-state index contributed by atoms with van der Waals surface area (Å²) < 4.78 is 9.81. The number of hydrogen-bond acceptors (Lipinski definition) is 5. The van der Waals surface area contributed by atoms with Crippen molar-refractivity contribution in [2.75, 3.05) is 13.7 Å². The molecule has 27 heavy (non-hydrogen) atoms. The molecule has 0 unspecified atom stereocenters. The molecule has 0 saturated heterocycles. The van der Waals surface area contributed by atoms with Crippen LogP contribution in [0.5, 0.6) is 0 Å². The maximum atomic E-state index is 11.9. The second-order valence-corrected chi connectivity index (χ2v) is 6.61. The molecule has 0 aliphatic rings. The normalized spacial score (nSPS) is 11.6. The zero-order valence-corrected chi connectivity index (χ0v) is 16.3. The Kier molecular flexibility index (Phi) is 10.6. The number of unbranched alkanes of at least 4 members (excludes halogenated alkanes) is 2. The number of carbonyl (C=O) groups is 3. The summed E-state index contributed by atoms with van der Waals surface area (Å²) >= 11 is 0. The Hall–Kier alpha value is -2.57. The van der Waals surface area contributed by atoms with Crippen LogP contribution < -0.4 is 10.6 Å². The third-order valence-corrected chi connectivity index (χ3v) is 4.00. The molecule has 0 radical (unpaired) electrons. The molecule has 7 nitrogen and oxygen atoms in total. The summed E-state index contributed by atoms with van der Waals surface area (Å²) in [6.45, 7) is 4.44. The average Bonchev–Trinajstić information content (AvgIpc) is 2.67. The minimum Gasteiger partial charge on any atom is -0.467 e. The fourth-order valence-corrected chi connectivity index (χ4v) is 2.42. The van der Waals surface area contributed by atoms with Crippen molar-refractivity contribution < 1.29 is 23.9 Å². The first-order chi connectivity index (χ1) is 12.9. The number of nitrogens with one attached hydrogen (secondary N) is 2. The molecule has 1 rings (SSSR count). The SMILES string of the molecule is COC(=O)[C@@H](NC(=O)CCCCCNC(=O)OCc1ccccc1)C(C)C. The highest BCUT2D eigenvalue weighted by atomic mass is 16.5. The average molecular weight is 378 g/mol. The smallest absolute Gasteiger partial charge is 0.407 e. The minimum absolute atomic E-state index is 0.0347. The predicted octanol–water partition coefficient (Wildman–Crippen LogP) is 2.79. The molecule has 0 aliphatic carbocycles. The molecule has 1 atom stereocenters. The van der Waals surface area contributed by atoms with Crippen LogP contribution in [0.4, 0.5) is 4.79 Å². The van der Waals surface area contributed by atoms with E-state index in [0.717, 1.165) is 18.4 Å². The molecule has 2 amide bonds. The molecule has 0 aliphatic heterocycles. The van der Waals surface area contributed by atoms with Crippen LogP contribution in [0, 0.1) is 5.92 Å². The van der Waals surface area contributed by atoms with Gasteiger partial charge in [0.1, 0.15) is 12.6 Å². The molecule has 150 valence electrons. The van der Waals surface area contributed by atoms with Crippen molar-refractivity contribution in [3.63, 3.8) is 0 Å². The number of hydrogen-bond donors (Lipinski definition) is 2. The van der Waals surface area contributed by atoms with E-state index in [1.54, 1.807) is 0 Å². The van der Waals surface area contributed by atoms with Gasteiger partial charge in [-0.25, -0.2) is 9.59 Å². The maximum Gasteiger partial charge on any atom is 0.407 e. The number of alkyl carbamates (subject to hydrolysis) is 1. The molecule has 1 aromatic carbocycles. The lowest BCUT2D eigenvalue weighted by Gasteiger charge is -2.19. The van der Waals surface area contributed by atoms with Gasteiger partial charge in [0.25, 0.3) is 0 Å². The van der Waals surface area contributed by atoms with Crippen LogP contribution in [0.25, 0.3) is 0 Å². The van der Waals surface area contributed by atoms with Gasteiger partial charge in [0.15, 0.2) is 0 Å². The van der Waals surface area contributed by atoms with E-state index in [4.69, 9.17) is 9.47 Å². The molecule has 0 aromatic heterocycles. The predicted molar refractivity (Wildman–Crippen MR) is 102 cm³/mol. The van der Waals surface area contributed by atoms with E-state index in [1.807, 2.05) is 44.2 Å². The molecular weight excluding hydrogens is 348 g/mol. The molecule has 0 heterocycles. The number of rotatable bonds is 11. The molecule has 1 aromatic rings. The van der Waals surface area contributed by atoms with Crippen LogP contribution >= 0.6 is 0 Å². The second kappa shape index (κ2) is 12.7. The second-order valence-electron chi connectivity index (χ2n) is 6.61. The number of carbonyl (C=O) groups excluding carboxylic acids is 3. The number of benzene rings is 1. The number of amides is 2. The molecule has 7 heteroatoms. The molecular formula is C20H30N2O5. The Bertz CT molecular complexity index is 589. The summed E-state index contributed by atoms with van der Waals surface area (Å²) in [6.07, 6.45) is 2.10. The van der Waals surface area contributed by atoms with Crippen LogP contribution in [-0.2, 0) is 25.7 Å². The van der Waals surface area contributed by atoms with Gasteiger partial charge in [-0.1, -0.05) is 50.6 Å². The Morgan fingerprint density at radius 3 is 2.37 bits per heavy atom. The topological polar surface area (TPSA) is 93.7 Å². The lowest BCUT2D eigenvalue weighted by atomic mass is 10.0. The number of esters is 1. The summed E-state index contributed by atoms with van der Waals surface area (Å²) in [5, 5.41) is 5.39. The molecule has 0 bridgehead atoms. The molecule has 0 fully saturated rings. The van der Waals surface area contributed by atoms with E-state index in [9.17, 15) is 14.4 Å². The standard InChI is InChI=1S/C20H30N2O5/c1-15(2)18(19(24)26-3)22-17(23)12-8-5-9-13-21-20(25)27-14-16-10-6-4-7-11-16/h4,6-7,10-11,15,18H,5,8-9,12-14H2,1-3H3,(H,21,25)(H,22,23)/t18-/m0/s1. The van der Waals surface area contributed by atoms with Gasteiger partial charge in [-0.3, -0.25) is 4.79 Å². The first kappa shape index (κ1) is 22.5. The van der Waals surface area contributed by atoms with Gasteiger partial charge in [-0.2, -0.15) is 0 Å². The van der Waals surface area contributed by atoms with Gasteiger partial charge in [0.05, 0.1) is 7.11 Å². The van der Waals surface area contributed by atoms with Crippen molar-refractivity contribution in [1.82, 2.24) is 10.6 Å². The highest BCUT2D eigenvalue weighted by molar-refractivity contribution is 5.84. The zero-order valence-electron chi connectivity index (χ0n) is 16.3. The highest BCUT2D eigenvalue weighted by Gasteiger charge is 2.24. The summed E-state index contributed by atoms with van der Waals surface area (Å²) in [4.78, 5) is 35.1. The van der Waals surface area contributed by atoms with Crippen molar-refractivity contribution in [3.05, 3.63) is 35.9 Å². The van der Waals surface area contributed by atoms with Crippen LogP contribution in [0.15, 0.2) is 30.3 Å². The quantitative estimate of drug-likeness (QED) is 0.456. The lowest BCUT2D eigenvalue weighted by molar-refractivity contribution is -0.146. The van der Waals surface area contributed by atoms with E-state index in [0.29, 0.717) is 19.4 Å². The number of methoxy groups -OCH3 is 1. The van der Waals surface area contributed by atoms with Gasteiger partial charge < -0.3 is 20.1 Å². The summed E-state index contributed by atoms with van der Waals surface area (Å²) in [6, 6.07) is 8.85. The number of ether oxygens (including phenoxy) is 2. The third-order valence-electron chi connectivity index (χ3n) is 4.00. The summed E-state index contributed by atoms with van der Waals surface area (Å²) in [7, 11) is 1.31. The van der Waals surface area contributed by atoms with E-state index >= 15 is 0 Å². The highest BCUT2D eigenvalue weighted by Crippen LogP contribution is 2.06. The van der Waals surface area contributed by atoms with Crippen LogP contribution in [0.1, 0.15) is 45.1 Å². The van der Waals surface area contributed by atoms with Gasteiger partial charge in [0.2, 0.25) is 5.91 Å². The zero-order chi connectivity index (χ0) is 20.1. The monoisotopic (exact) mass is 378 g/mol. The summed E-state index contributed by atoms with van der Waals surface area (Å²) in [5.41, 5.74) is 0.935. The van der Waals surface area contributed by atoms with Gasteiger partial charge in [-0.15, -0.1) is 0 Å². The Morgan fingerprint density at radius 1 is 1.04 bits per heavy atom. The van der Waals surface area contributed by atoms with Crippen molar-refractivity contribution in [3.8, 4) is 0 Å². The van der Waals surface area contributed by atoms with E-state index in [1.165, 1.54) is 7.11 Å². The Labute approximate surface area is 160 Å². The van der Waals surface area contributed by atoms with Gasteiger partial charge in [-0.05, 0) is 24.3 Å². The van der Waals surface area contributed by atoms with Crippen LogP contribution in [0.3, 0.4) is 0 Å². The Morgan fingerprint density at radius 2 is 1.74 bits per heavy atom. The van der Waals surface area contributed by atoms with Crippen molar-refractivity contribution in [2.45, 2.75) is 52.2 Å². The minimum atomic E-state index is -0.622. The molecule has 0 saturated carbocycles. The molecule has 0 spiro atoms. The fourth-order valence-electron chi connectivity index (χ4n) is 2.42. The van der Waals surface area contributed by atoms with Crippen molar-refractivity contribution in [1.29, 1.82) is 0 Å². The van der Waals surface area contributed by atoms with E-state index < -0.39 is 18.1 Å². The fraction of sp³-hybridized carbons (Fsp3) is 0.550. The van der Waals surface area contributed by atoms with E-state index in [-0.39, 0.29) is 18.4 Å². The van der Waals surface area contributed by atoms with Crippen molar-refractivity contribution in [2.24, 2.45) is 5.92 Å². The van der Waals surface area contributed by atoms with Crippen molar-refractivity contribution >= 4 is 18.0 Å². The molecule has 2 N–H and O–H groups in total. The van der Waals surface area contributed by atoms with Gasteiger partial charge >= 0.3 is 12.1 Å².